The molecule has 1 aliphatic heterocycles. The molecule has 0 saturated carbocycles. The van der Waals surface area contributed by atoms with E-state index in [0.717, 1.165) is 31.3 Å². The molecule has 3 rings (SSSR count). The fraction of sp³-hybridized carbons (Fsp3) is 0.462. The first-order chi connectivity index (χ1) is 11.6. The lowest BCUT2D eigenvalue weighted by Crippen LogP contribution is -2.51. The van der Waals surface area contributed by atoms with E-state index in [1.165, 1.54) is 17.1 Å². The molecule has 0 aliphatic carbocycles. The smallest absolute Gasteiger partial charge is 0.306 e. The van der Waals surface area contributed by atoms with Gasteiger partial charge in [-0.3, -0.25) is 19.8 Å². The van der Waals surface area contributed by atoms with Crippen LogP contribution in [0.5, 0.6) is 0 Å². The number of nitro groups is 1. The first kappa shape index (κ1) is 19.4. The molecular weight excluding hydrogens is 459 g/mol. The minimum Gasteiger partial charge on any atom is -0.370 e. The molecule has 0 bridgehead atoms. The lowest BCUT2D eigenvalue weighted by molar-refractivity contribution is -0.385. The zero-order valence-corrected chi connectivity index (χ0v) is 16.5. The van der Waals surface area contributed by atoms with Gasteiger partial charge in [-0.25, -0.2) is 4.98 Å². The molecule has 2 N–H and O–H groups in total. The number of hydrogen-bond donors (Lipinski definition) is 1. The van der Waals surface area contributed by atoms with Crippen LogP contribution in [0.25, 0.3) is 0 Å². The molecule has 12 heteroatoms. The molecule has 0 spiro atoms. The van der Waals surface area contributed by atoms with Crippen LogP contribution in [-0.4, -0.2) is 63.3 Å². The normalized spacial score (nSPS) is 15.1. The summed E-state index contributed by atoms with van der Waals surface area (Å²) in [6.45, 7) is 4.18. The van der Waals surface area contributed by atoms with Crippen LogP contribution in [0.2, 0.25) is 0 Å². The topological polar surface area (TPSA) is 119 Å². The van der Waals surface area contributed by atoms with Gasteiger partial charge in [0.05, 0.1) is 18.0 Å². The second kappa shape index (κ2) is 8.94. The predicted octanol–water partition coefficient (Wildman–Crippen LogP) is 1.00. The van der Waals surface area contributed by atoms with Crippen LogP contribution in [0.15, 0.2) is 29.0 Å². The molecule has 1 fully saturated rings. The Bertz CT molecular complexity index is 711. The van der Waals surface area contributed by atoms with E-state index in [9.17, 15) is 10.1 Å². The van der Waals surface area contributed by atoms with Gasteiger partial charge >= 0.3 is 5.69 Å². The summed E-state index contributed by atoms with van der Waals surface area (Å²) >= 11 is 1.63. The highest BCUT2D eigenvalue weighted by atomic mass is 127. The molecule has 10 nitrogen and oxygen atoms in total. The van der Waals surface area contributed by atoms with Crippen LogP contribution in [0.4, 0.5) is 10.8 Å². The summed E-state index contributed by atoms with van der Waals surface area (Å²) in [7, 11) is 0. The van der Waals surface area contributed by atoms with Crippen LogP contribution in [0.1, 0.15) is 0 Å². The molecule has 0 radical (unpaired) electrons. The number of piperazine rings is 1. The van der Waals surface area contributed by atoms with Gasteiger partial charge in [0, 0.05) is 37.8 Å². The van der Waals surface area contributed by atoms with Gasteiger partial charge in [-0.15, -0.1) is 35.3 Å². The van der Waals surface area contributed by atoms with E-state index in [1.54, 1.807) is 11.3 Å². The minimum absolute atomic E-state index is 0. The zero-order chi connectivity index (χ0) is 16.9. The summed E-state index contributed by atoms with van der Waals surface area (Å²) in [5.41, 5.74) is 6.01. The highest BCUT2D eigenvalue weighted by molar-refractivity contribution is 14.0. The van der Waals surface area contributed by atoms with Gasteiger partial charge in [-0.2, -0.15) is 5.10 Å². The van der Waals surface area contributed by atoms with Crippen LogP contribution in [0, 0.1) is 10.1 Å². The van der Waals surface area contributed by atoms with Crippen molar-refractivity contribution in [2.45, 2.75) is 6.54 Å². The number of aromatic nitrogens is 3. The first-order valence-corrected chi connectivity index (χ1v) is 8.37. The van der Waals surface area contributed by atoms with Crippen LogP contribution >= 0.6 is 35.3 Å². The van der Waals surface area contributed by atoms with Crippen LogP contribution < -0.4 is 10.6 Å². The molecule has 2 aromatic heterocycles. The molecule has 1 aliphatic rings. The number of hydrogen-bond acceptors (Lipinski definition) is 7. The van der Waals surface area contributed by atoms with Gasteiger partial charge in [0.1, 0.15) is 12.4 Å². The molecule has 1 saturated heterocycles. The van der Waals surface area contributed by atoms with Crippen molar-refractivity contribution in [2.75, 3.05) is 37.6 Å². The summed E-state index contributed by atoms with van der Waals surface area (Å²) < 4.78 is 1.50. The standard InChI is InChI=1S/C13H18N8O2S.HI/c14-12(15-1-3-20-10-11(9-17-20)21(22)23)18-4-6-19(7-5-18)13-16-2-8-24-13;/h2,8-10H,1,3-7H2,(H2,14,15);1H. The average molecular weight is 478 g/mol. The Morgan fingerprint density at radius 3 is 2.76 bits per heavy atom. The van der Waals surface area contributed by atoms with E-state index in [4.69, 9.17) is 5.73 Å². The van der Waals surface area contributed by atoms with Crippen molar-refractivity contribution in [1.82, 2.24) is 19.7 Å². The fourth-order valence-corrected chi connectivity index (χ4v) is 3.13. The molecular formula is C13H19IN8O2S. The highest BCUT2D eigenvalue weighted by Gasteiger charge is 2.19. The van der Waals surface area contributed by atoms with Crippen molar-refractivity contribution in [3.05, 3.63) is 34.1 Å². The summed E-state index contributed by atoms with van der Waals surface area (Å²) in [4.78, 5) is 23.1. The Kier molecular flexibility index (Phi) is 6.92. The predicted molar refractivity (Wildman–Crippen MR) is 107 cm³/mol. The van der Waals surface area contributed by atoms with Crippen molar-refractivity contribution in [3.63, 3.8) is 0 Å². The van der Waals surface area contributed by atoms with E-state index in [1.807, 2.05) is 16.5 Å². The van der Waals surface area contributed by atoms with E-state index < -0.39 is 4.92 Å². The van der Waals surface area contributed by atoms with Crippen LogP contribution in [-0.2, 0) is 6.54 Å². The van der Waals surface area contributed by atoms with Gasteiger partial charge in [0.2, 0.25) is 0 Å². The van der Waals surface area contributed by atoms with Crippen molar-refractivity contribution in [1.29, 1.82) is 0 Å². The minimum atomic E-state index is -0.469. The van der Waals surface area contributed by atoms with Gasteiger partial charge in [-0.1, -0.05) is 0 Å². The third-order valence-electron chi connectivity index (χ3n) is 3.73. The number of thiazole rings is 1. The van der Waals surface area contributed by atoms with Gasteiger partial charge in [0.25, 0.3) is 0 Å². The van der Waals surface area contributed by atoms with E-state index in [0.29, 0.717) is 19.0 Å². The average Bonchev–Trinajstić information content (AvgIpc) is 3.27. The number of nitrogens with two attached hydrogens (primary N) is 1. The number of rotatable bonds is 5. The van der Waals surface area contributed by atoms with E-state index in [-0.39, 0.29) is 29.7 Å². The monoisotopic (exact) mass is 478 g/mol. The second-order valence-electron chi connectivity index (χ2n) is 5.25. The third-order valence-corrected chi connectivity index (χ3v) is 4.56. The Balaban J connectivity index is 0.00000225. The quantitative estimate of drug-likeness (QED) is 0.224. The Morgan fingerprint density at radius 1 is 1.40 bits per heavy atom. The Labute approximate surface area is 165 Å². The van der Waals surface area contributed by atoms with Crippen molar-refractivity contribution in [2.24, 2.45) is 10.7 Å². The maximum Gasteiger partial charge on any atom is 0.306 e. The molecule has 0 aromatic carbocycles. The largest absolute Gasteiger partial charge is 0.370 e. The number of halogens is 1. The van der Waals surface area contributed by atoms with Crippen molar-refractivity contribution in [3.8, 4) is 0 Å². The summed E-state index contributed by atoms with van der Waals surface area (Å²) in [5.74, 6) is 0.496. The number of aliphatic imine (C=N–C) groups is 1. The molecule has 0 atom stereocenters. The molecule has 2 aromatic rings. The third kappa shape index (κ3) is 5.01. The fourth-order valence-electron chi connectivity index (χ4n) is 2.44. The summed E-state index contributed by atoms with van der Waals surface area (Å²) in [6, 6.07) is 0. The summed E-state index contributed by atoms with van der Waals surface area (Å²) in [6.07, 6.45) is 4.42. The second-order valence-corrected chi connectivity index (χ2v) is 6.12. The lowest BCUT2D eigenvalue weighted by Gasteiger charge is -2.35. The number of guanidine groups is 1. The first-order valence-electron chi connectivity index (χ1n) is 7.49. The van der Waals surface area contributed by atoms with E-state index >= 15 is 0 Å². The molecule has 0 amide bonds. The SMILES string of the molecule is I.NC(=NCCn1cc([N+](=O)[O-])cn1)N1CCN(c2nccs2)CC1. The summed E-state index contributed by atoms with van der Waals surface area (Å²) in [5, 5.41) is 17.5. The molecule has 0 unspecified atom stereocenters. The highest BCUT2D eigenvalue weighted by Crippen LogP contribution is 2.18. The number of nitrogens with zero attached hydrogens (tertiary/aromatic N) is 7. The van der Waals surface area contributed by atoms with E-state index in [2.05, 4.69) is 20.0 Å². The van der Waals surface area contributed by atoms with Gasteiger partial charge in [0.15, 0.2) is 11.1 Å². The molecule has 3 heterocycles. The van der Waals surface area contributed by atoms with Crippen molar-refractivity contribution >= 4 is 52.1 Å². The zero-order valence-electron chi connectivity index (χ0n) is 13.4. The van der Waals surface area contributed by atoms with Gasteiger partial charge < -0.3 is 15.5 Å². The Hall–Kier alpha value is -1.96. The maximum atomic E-state index is 10.6. The number of anilines is 1. The van der Waals surface area contributed by atoms with Crippen LogP contribution in [0.3, 0.4) is 0 Å². The molecule has 136 valence electrons. The maximum absolute atomic E-state index is 10.6. The van der Waals surface area contributed by atoms with Gasteiger partial charge in [-0.05, 0) is 0 Å². The molecule has 25 heavy (non-hydrogen) atoms. The van der Waals surface area contributed by atoms with Crippen molar-refractivity contribution < 1.29 is 4.92 Å². The lowest BCUT2D eigenvalue weighted by atomic mass is 10.3. The Morgan fingerprint density at radius 2 is 2.16 bits per heavy atom.